The number of rotatable bonds is 6. The van der Waals surface area contributed by atoms with Gasteiger partial charge in [0, 0.05) is 12.5 Å². The molecule has 1 heterocycles. The molecule has 0 aliphatic rings. The number of aryl methyl sites for hydroxylation is 1. The lowest BCUT2D eigenvalue weighted by atomic mass is 10.1. The first-order chi connectivity index (χ1) is 10.0. The van der Waals surface area contributed by atoms with Crippen molar-refractivity contribution in [2.75, 3.05) is 0 Å². The van der Waals surface area contributed by atoms with Gasteiger partial charge in [-0.3, -0.25) is 4.79 Å². The van der Waals surface area contributed by atoms with Crippen molar-refractivity contribution in [3.63, 3.8) is 0 Å². The van der Waals surface area contributed by atoms with E-state index in [4.69, 9.17) is 4.52 Å². The fourth-order valence-electron chi connectivity index (χ4n) is 1.88. The lowest BCUT2D eigenvalue weighted by Crippen LogP contribution is -2.22. The van der Waals surface area contributed by atoms with Crippen LogP contribution in [0.25, 0.3) is 0 Å². The molecule has 2 aromatic rings. The highest BCUT2D eigenvalue weighted by Crippen LogP contribution is 2.14. The van der Waals surface area contributed by atoms with Crippen molar-refractivity contribution in [3.8, 4) is 5.75 Å². The summed E-state index contributed by atoms with van der Waals surface area (Å²) in [6.07, 6.45) is 1.04. The molecule has 0 atom stereocenters. The Bertz CT molecular complexity index is 588. The monoisotopic (exact) mass is 288 g/mol. The molecule has 0 saturated carbocycles. The molecule has 1 amide bonds. The smallest absolute Gasteiger partial charge is 0.220 e. The van der Waals surface area contributed by atoms with Crippen LogP contribution < -0.4 is 5.32 Å². The maximum absolute atomic E-state index is 11.8. The molecule has 5 nitrogen and oxygen atoms in total. The Morgan fingerprint density at radius 3 is 2.67 bits per heavy atom. The zero-order chi connectivity index (χ0) is 15.2. The molecule has 0 bridgehead atoms. The van der Waals surface area contributed by atoms with Gasteiger partial charge in [0.25, 0.3) is 0 Å². The van der Waals surface area contributed by atoms with E-state index in [9.17, 15) is 9.90 Å². The molecule has 0 aliphatic carbocycles. The Morgan fingerprint density at radius 2 is 2.05 bits per heavy atom. The van der Waals surface area contributed by atoms with Crippen LogP contribution in [0.1, 0.15) is 43.2 Å². The standard InChI is InChI=1S/C16H20N2O3/c1-11(2)15-9-14(21-18-15)10-17-16(20)8-5-12-3-6-13(19)7-4-12/h3-4,6-7,9,11,19H,5,8,10H2,1-2H3,(H,17,20). The summed E-state index contributed by atoms with van der Waals surface area (Å²) in [6.45, 7) is 4.43. The zero-order valence-corrected chi connectivity index (χ0v) is 12.3. The molecular weight excluding hydrogens is 268 g/mol. The van der Waals surface area contributed by atoms with Gasteiger partial charge in [0.2, 0.25) is 5.91 Å². The minimum atomic E-state index is -0.0365. The van der Waals surface area contributed by atoms with Gasteiger partial charge in [0.1, 0.15) is 5.75 Å². The summed E-state index contributed by atoms with van der Waals surface area (Å²) in [5.74, 6) is 1.17. The minimum absolute atomic E-state index is 0.0365. The average Bonchev–Trinajstić information content (AvgIpc) is 2.93. The lowest BCUT2D eigenvalue weighted by Gasteiger charge is -2.03. The number of hydrogen-bond donors (Lipinski definition) is 2. The zero-order valence-electron chi connectivity index (χ0n) is 12.3. The summed E-state index contributed by atoms with van der Waals surface area (Å²) in [6, 6.07) is 8.73. The van der Waals surface area contributed by atoms with Gasteiger partial charge in [-0.2, -0.15) is 0 Å². The van der Waals surface area contributed by atoms with E-state index < -0.39 is 0 Å². The third-order valence-corrected chi connectivity index (χ3v) is 3.21. The molecule has 0 aliphatic heterocycles. The molecule has 0 fully saturated rings. The lowest BCUT2D eigenvalue weighted by molar-refractivity contribution is -0.121. The van der Waals surface area contributed by atoms with Crippen LogP contribution in [0.3, 0.4) is 0 Å². The summed E-state index contributed by atoms with van der Waals surface area (Å²) in [5, 5.41) is 15.9. The Kier molecular flexibility index (Phi) is 4.98. The van der Waals surface area contributed by atoms with Gasteiger partial charge < -0.3 is 14.9 Å². The first-order valence-corrected chi connectivity index (χ1v) is 7.04. The Morgan fingerprint density at radius 1 is 1.33 bits per heavy atom. The van der Waals surface area contributed by atoms with Crippen LogP contribution in [-0.2, 0) is 17.8 Å². The van der Waals surface area contributed by atoms with Gasteiger partial charge in [-0.15, -0.1) is 0 Å². The Hall–Kier alpha value is -2.30. The number of hydrogen-bond acceptors (Lipinski definition) is 4. The maximum atomic E-state index is 11.8. The van der Waals surface area contributed by atoms with Crippen molar-refractivity contribution >= 4 is 5.91 Å². The fraction of sp³-hybridized carbons (Fsp3) is 0.375. The van der Waals surface area contributed by atoms with Crippen molar-refractivity contribution in [2.24, 2.45) is 0 Å². The first-order valence-electron chi connectivity index (χ1n) is 7.04. The van der Waals surface area contributed by atoms with Crippen LogP contribution in [0.2, 0.25) is 0 Å². The molecule has 0 radical (unpaired) electrons. The Labute approximate surface area is 124 Å². The number of phenols is 1. The average molecular weight is 288 g/mol. The van der Waals surface area contributed by atoms with Crippen LogP contribution in [0, 0.1) is 0 Å². The second kappa shape index (κ2) is 6.92. The summed E-state index contributed by atoms with van der Waals surface area (Å²) in [7, 11) is 0. The molecule has 0 spiro atoms. The van der Waals surface area contributed by atoms with E-state index in [0.717, 1.165) is 11.3 Å². The number of nitrogens with one attached hydrogen (secondary N) is 1. The van der Waals surface area contributed by atoms with Crippen molar-refractivity contribution in [2.45, 2.75) is 39.2 Å². The highest BCUT2D eigenvalue weighted by Gasteiger charge is 2.09. The third kappa shape index (κ3) is 4.63. The summed E-state index contributed by atoms with van der Waals surface area (Å²) in [5.41, 5.74) is 1.91. The number of carbonyl (C=O) groups excluding carboxylic acids is 1. The maximum Gasteiger partial charge on any atom is 0.220 e. The minimum Gasteiger partial charge on any atom is -0.508 e. The molecule has 21 heavy (non-hydrogen) atoms. The molecule has 1 aromatic heterocycles. The fourth-order valence-corrected chi connectivity index (χ4v) is 1.88. The van der Waals surface area contributed by atoms with Crippen LogP contribution in [-0.4, -0.2) is 16.2 Å². The summed E-state index contributed by atoms with van der Waals surface area (Å²) < 4.78 is 5.16. The molecule has 2 rings (SSSR count). The van der Waals surface area contributed by atoms with E-state index >= 15 is 0 Å². The van der Waals surface area contributed by atoms with Gasteiger partial charge in [0.15, 0.2) is 5.76 Å². The number of carbonyl (C=O) groups is 1. The molecule has 0 unspecified atom stereocenters. The van der Waals surface area contributed by atoms with Gasteiger partial charge in [-0.1, -0.05) is 31.1 Å². The Balaban J connectivity index is 1.75. The quantitative estimate of drug-likeness (QED) is 0.857. The number of nitrogens with zero attached hydrogens (tertiary/aromatic N) is 1. The highest BCUT2D eigenvalue weighted by molar-refractivity contribution is 5.76. The SMILES string of the molecule is CC(C)c1cc(CNC(=O)CCc2ccc(O)cc2)on1. The number of phenolic OH excluding ortho intramolecular Hbond substituents is 1. The van der Waals surface area contributed by atoms with Crippen molar-refractivity contribution in [1.29, 1.82) is 0 Å². The highest BCUT2D eigenvalue weighted by atomic mass is 16.5. The largest absolute Gasteiger partial charge is 0.508 e. The molecule has 2 N–H and O–H groups in total. The van der Waals surface area contributed by atoms with E-state index in [1.807, 2.05) is 32.0 Å². The normalized spacial score (nSPS) is 10.8. The molecule has 0 saturated heterocycles. The summed E-state index contributed by atoms with van der Waals surface area (Å²) in [4.78, 5) is 11.8. The van der Waals surface area contributed by atoms with E-state index in [1.165, 1.54) is 0 Å². The number of benzene rings is 1. The van der Waals surface area contributed by atoms with E-state index in [-0.39, 0.29) is 11.7 Å². The number of aromatic hydroxyl groups is 1. The third-order valence-electron chi connectivity index (χ3n) is 3.21. The number of amides is 1. The van der Waals surface area contributed by atoms with Gasteiger partial charge >= 0.3 is 0 Å². The van der Waals surface area contributed by atoms with Gasteiger partial charge in [-0.25, -0.2) is 0 Å². The second-order valence-corrected chi connectivity index (χ2v) is 5.32. The number of aromatic nitrogens is 1. The molecule has 112 valence electrons. The van der Waals surface area contributed by atoms with Crippen molar-refractivity contribution < 1.29 is 14.4 Å². The van der Waals surface area contributed by atoms with Gasteiger partial charge in [-0.05, 0) is 30.0 Å². The first kappa shape index (κ1) is 15.1. The van der Waals surface area contributed by atoms with Crippen LogP contribution in [0.15, 0.2) is 34.9 Å². The van der Waals surface area contributed by atoms with Gasteiger partial charge in [0.05, 0.1) is 12.2 Å². The molecule has 5 heteroatoms. The summed E-state index contributed by atoms with van der Waals surface area (Å²) >= 11 is 0. The van der Waals surface area contributed by atoms with Crippen LogP contribution >= 0.6 is 0 Å². The van der Waals surface area contributed by atoms with E-state index in [1.54, 1.807) is 12.1 Å². The van der Waals surface area contributed by atoms with Crippen LogP contribution in [0.4, 0.5) is 0 Å². The second-order valence-electron chi connectivity index (χ2n) is 5.32. The van der Waals surface area contributed by atoms with Crippen LogP contribution in [0.5, 0.6) is 5.75 Å². The predicted molar refractivity (Wildman–Crippen MR) is 78.9 cm³/mol. The van der Waals surface area contributed by atoms with E-state index in [2.05, 4.69) is 10.5 Å². The molecular formula is C16H20N2O3. The predicted octanol–water partition coefficient (Wildman–Crippen LogP) is 2.75. The topological polar surface area (TPSA) is 75.4 Å². The molecule has 1 aromatic carbocycles. The van der Waals surface area contributed by atoms with E-state index in [0.29, 0.717) is 31.1 Å². The van der Waals surface area contributed by atoms with Crippen molar-refractivity contribution in [3.05, 3.63) is 47.3 Å². The van der Waals surface area contributed by atoms with Crippen molar-refractivity contribution in [1.82, 2.24) is 10.5 Å².